The third kappa shape index (κ3) is 2.83. The van der Waals surface area contributed by atoms with Gasteiger partial charge in [-0.1, -0.05) is 31.2 Å². The first-order valence-electron chi connectivity index (χ1n) is 5.53. The highest BCUT2D eigenvalue weighted by Gasteiger charge is 2.17. The molecule has 0 radical (unpaired) electrons. The number of carbonyl (C=O) groups excluding carboxylic acids is 1. The quantitative estimate of drug-likeness (QED) is 0.841. The average molecular weight is 221 g/mol. The Labute approximate surface area is 96.7 Å². The third-order valence-corrected chi connectivity index (χ3v) is 2.91. The van der Waals surface area contributed by atoms with E-state index in [4.69, 9.17) is 0 Å². The minimum absolute atomic E-state index is 0.0429. The van der Waals surface area contributed by atoms with Crippen LogP contribution in [0.15, 0.2) is 24.3 Å². The van der Waals surface area contributed by atoms with Crippen LogP contribution in [0.3, 0.4) is 0 Å². The SMILES string of the molecule is CCc1ccc(C(CO)N(C)C(C)=O)cc1. The van der Waals surface area contributed by atoms with Gasteiger partial charge in [0, 0.05) is 14.0 Å². The predicted molar refractivity (Wildman–Crippen MR) is 64.1 cm³/mol. The number of rotatable bonds is 4. The highest BCUT2D eigenvalue weighted by molar-refractivity contribution is 5.73. The molecule has 3 nitrogen and oxygen atoms in total. The topological polar surface area (TPSA) is 40.5 Å². The van der Waals surface area contributed by atoms with Gasteiger partial charge in [-0.3, -0.25) is 4.79 Å². The number of amides is 1. The molecule has 1 unspecified atom stereocenters. The fourth-order valence-electron chi connectivity index (χ4n) is 1.65. The second-order valence-electron chi connectivity index (χ2n) is 3.92. The summed E-state index contributed by atoms with van der Waals surface area (Å²) < 4.78 is 0. The molecule has 1 aromatic carbocycles. The van der Waals surface area contributed by atoms with Crippen LogP contribution in [0.4, 0.5) is 0 Å². The first-order chi connectivity index (χ1) is 7.60. The van der Waals surface area contributed by atoms with Crippen LogP contribution in [0.2, 0.25) is 0 Å². The lowest BCUT2D eigenvalue weighted by atomic mass is 10.0. The van der Waals surface area contributed by atoms with E-state index in [2.05, 4.69) is 6.92 Å². The van der Waals surface area contributed by atoms with E-state index < -0.39 is 0 Å². The highest BCUT2D eigenvalue weighted by atomic mass is 16.3. The number of aliphatic hydroxyl groups is 1. The zero-order valence-corrected chi connectivity index (χ0v) is 10.1. The molecular weight excluding hydrogens is 202 g/mol. The van der Waals surface area contributed by atoms with Gasteiger partial charge in [-0.2, -0.15) is 0 Å². The Bertz CT molecular complexity index is 345. The second-order valence-corrected chi connectivity index (χ2v) is 3.92. The summed E-state index contributed by atoms with van der Waals surface area (Å²) in [4.78, 5) is 12.8. The summed E-state index contributed by atoms with van der Waals surface area (Å²) in [6, 6.07) is 7.76. The Morgan fingerprint density at radius 3 is 2.31 bits per heavy atom. The monoisotopic (exact) mass is 221 g/mol. The van der Waals surface area contributed by atoms with Crippen molar-refractivity contribution >= 4 is 5.91 Å². The van der Waals surface area contributed by atoms with E-state index in [-0.39, 0.29) is 18.6 Å². The summed E-state index contributed by atoms with van der Waals surface area (Å²) in [5, 5.41) is 9.33. The zero-order chi connectivity index (χ0) is 12.1. The number of aliphatic hydroxyl groups excluding tert-OH is 1. The summed E-state index contributed by atoms with van der Waals surface area (Å²) in [5.41, 5.74) is 2.23. The van der Waals surface area contributed by atoms with Crippen molar-refractivity contribution < 1.29 is 9.90 Å². The smallest absolute Gasteiger partial charge is 0.219 e. The minimum Gasteiger partial charge on any atom is -0.394 e. The molecule has 0 aliphatic carbocycles. The van der Waals surface area contributed by atoms with E-state index in [0.717, 1.165) is 12.0 Å². The molecule has 0 heterocycles. The van der Waals surface area contributed by atoms with Crippen molar-refractivity contribution in [3.8, 4) is 0 Å². The molecule has 1 atom stereocenters. The van der Waals surface area contributed by atoms with Crippen LogP contribution in [0, 0.1) is 0 Å². The Kier molecular flexibility index (Phi) is 4.50. The van der Waals surface area contributed by atoms with Gasteiger partial charge < -0.3 is 10.0 Å². The summed E-state index contributed by atoms with van der Waals surface area (Å²) in [6.07, 6.45) is 0.993. The first-order valence-corrected chi connectivity index (χ1v) is 5.53. The van der Waals surface area contributed by atoms with Crippen molar-refractivity contribution in [1.82, 2.24) is 4.90 Å². The molecule has 1 rings (SSSR count). The summed E-state index contributed by atoms with van der Waals surface area (Å²) in [5.74, 6) is -0.0429. The molecule has 1 amide bonds. The maximum Gasteiger partial charge on any atom is 0.219 e. The highest BCUT2D eigenvalue weighted by Crippen LogP contribution is 2.19. The molecule has 1 N–H and O–H groups in total. The molecule has 0 saturated carbocycles. The van der Waals surface area contributed by atoms with Crippen molar-refractivity contribution in [2.45, 2.75) is 26.3 Å². The van der Waals surface area contributed by atoms with Crippen LogP contribution < -0.4 is 0 Å². The maximum absolute atomic E-state index is 11.3. The molecule has 1 aromatic rings. The number of aryl methyl sites for hydroxylation is 1. The predicted octanol–water partition coefficient (Wildman–Crippen LogP) is 1.76. The molecule has 16 heavy (non-hydrogen) atoms. The first kappa shape index (κ1) is 12.7. The largest absolute Gasteiger partial charge is 0.394 e. The van der Waals surface area contributed by atoms with Crippen molar-refractivity contribution in [2.75, 3.05) is 13.7 Å². The Hall–Kier alpha value is -1.35. The van der Waals surface area contributed by atoms with Gasteiger partial charge in [0.05, 0.1) is 12.6 Å². The summed E-state index contributed by atoms with van der Waals surface area (Å²) in [6.45, 7) is 3.55. The standard InChI is InChI=1S/C13H19NO2/c1-4-11-5-7-12(8-6-11)13(9-15)14(3)10(2)16/h5-8,13,15H,4,9H2,1-3H3. The van der Waals surface area contributed by atoms with E-state index in [1.165, 1.54) is 12.5 Å². The third-order valence-electron chi connectivity index (χ3n) is 2.91. The average Bonchev–Trinajstić information content (AvgIpc) is 2.30. The molecule has 0 aromatic heterocycles. The molecule has 0 aliphatic heterocycles. The fourth-order valence-corrected chi connectivity index (χ4v) is 1.65. The van der Waals surface area contributed by atoms with Gasteiger partial charge in [0.15, 0.2) is 0 Å². The molecule has 0 saturated heterocycles. The van der Waals surface area contributed by atoms with E-state index in [1.54, 1.807) is 11.9 Å². The molecule has 88 valence electrons. The Balaban J connectivity index is 2.90. The summed E-state index contributed by atoms with van der Waals surface area (Å²) >= 11 is 0. The molecule has 0 aliphatic rings. The lowest BCUT2D eigenvalue weighted by molar-refractivity contribution is -0.130. The number of hydrogen-bond donors (Lipinski definition) is 1. The Morgan fingerprint density at radius 1 is 1.38 bits per heavy atom. The van der Waals surface area contributed by atoms with Crippen LogP contribution in [-0.4, -0.2) is 29.6 Å². The number of benzene rings is 1. The van der Waals surface area contributed by atoms with E-state index in [9.17, 15) is 9.90 Å². The van der Waals surface area contributed by atoms with Crippen molar-refractivity contribution in [2.24, 2.45) is 0 Å². The van der Waals surface area contributed by atoms with E-state index in [1.807, 2.05) is 24.3 Å². The minimum atomic E-state index is -0.247. The molecule has 0 fully saturated rings. The Morgan fingerprint density at radius 2 is 1.94 bits per heavy atom. The summed E-state index contributed by atoms with van der Waals surface area (Å²) in [7, 11) is 1.71. The number of nitrogens with zero attached hydrogens (tertiary/aromatic N) is 1. The van der Waals surface area contributed by atoms with Gasteiger partial charge >= 0.3 is 0 Å². The number of hydrogen-bond acceptors (Lipinski definition) is 2. The van der Waals surface area contributed by atoms with Crippen molar-refractivity contribution in [3.05, 3.63) is 35.4 Å². The van der Waals surface area contributed by atoms with Gasteiger partial charge in [-0.25, -0.2) is 0 Å². The lowest BCUT2D eigenvalue weighted by Crippen LogP contribution is -2.31. The van der Waals surface area contributed by atoms with Gasteiger partial charge in [-0.05, 0) is 17.5 Å². The zero-order valence-electron chi connectivity index (χ0n) is 10.1. The molecule has 0 bridgehead atoms. The van der Waals surface area contributed by atoms with Crippen LogP contribution in [0.25, 0.3) is 0 Å². The van der Waals surface area contributed by atoms with Crippen molar-refractivity contribution in [3.63, 3.8) is 0 Å². The number of carbonyl (C=O) groups is 1. The lowest BCUT2D eigenvalue weighted by Gasteiger charge is -2.25. The van der Waals surface area contributed by atoms with E-state index >= 15 is 0 Å². The molecular formula is C13H19NO2. The fraction of sp³-hybridized carbons (Fsp3) is 0.462. The van der Waals surface area contributed by atoms with Crippen molar-refractivity contribution in [1.29, 1.82) is 0 Å². The van der Waals surface area contributed by atoms with Gasteiger partial charge in [0.1, 0.15) is 0 Å². The van der Waals surface area contributed by atoms with Gasteiger partial charge in [0.25, 0.3) is 0 Å². The maximum atomic E-state index is 11.3. The normalized spacial score (nSPS) is 12.2. The number of likely N-dealkylation sites (N-methyl/N-ethyl adjacent to an activating group) is 1. The molecule has 3 heteroatoms. The van der Waals surface area contributed by atoms with Crippen LogP contribution in [0.1, 0.15) is 31.0 Å². The van der Waals surface area contributed by atoms with Crippen LogP contribution >= 0.6 is 0 Å². The van der Waals surface area contributed by atoms with E-state index in [0.29, 0.717) is 0 Å². The van der Waals surface area contributed by atoms with Crippen LogP contribution in [0.5, 0.6) is 0 Å². The second kappa shape index (κ2) is 5.66. The molecule has 0 spiro atoms. The van der Waals surface area contributed by atoms with Gasteiger partial charge in [-0.15, -0.1) is 0 Å². The van der Waals surface area contributed by atoms with Gasteiger partial charge in [0.2, 0.25) is 5.91 Å². The van der Waals surface area contributed by atoms with Crippen LogP contribution in [-0.2, 0) is 11.2 Å².